The number of ether oxygens (including phenoxy) is 3. The lowest BCUT2D eigenvalue weighted by atomic mass is 10.2. The van der Waals surface area contributed by atoms with Gasteiger partial charge in [-0.2, -0.15) is 11.8 Å². The van der Waals surface area contributed by atoms with Gasteiger partial charge in [0.2, 0.25) is 0 Å². The minimum atomic E-state index is -0.480. The Kier molecular flexibility index (Phi) is 7.64. The number of nitrogens with one attached hydrogen (secondary N) is 2. The zero-order valence-corrected chi connectivity index (χ0v) is 16.3. The maximum Gasteiger partial charge on any atom is 0.328 e. The third-order valence-corrected chi connectivity index (χ3v) is 4.22. The number of fused-ring (bicyclic) bond motifs is 1. The van der Waals surface area contributed by atoms with Gasteiger partial charge in [-0.25, -0.2) is 4.79 Å². The van der Waals surface area contributed by atoms with Crippen LogP contribution in [0, 0.1) is 0 Å². The highest BCUT2D eigenvalue weighted by Crippen LogP contribution is 2.32. The molecular formula is C17H24N2O4S2. The first-order valence-electron chi connectivity index (χ1n) is 8.16. The summed E-state index contributed by atoms with van der Waals surface area (Å²) in [5.74, 6) is 1.93. The van der Waals surface area contributed by atoms with Gasteiger partial charge >= 0.3 is 5.97 Å². The fraction of sp³-hybridized carbons (Fsp3) is 0.529. The second-order valence-corrected chi connectivity index (χ2v) is 7.17. The zero-order valence-electron chi connectivity index (χ0n) is 14.7. The van der Waals surface area contributed by atoms with Gasteiger partial charge in [-0.05, 0) is 56.6 Å². The zero-order chi connectivity index (χ0) is 18.2. The summed E-state index contributed by atoms with van der Waals surface area (Å²) in [6.45, 7) is 4.73. The molecule has 2 rings (SSSR count). The molecule has 0 bridgehead atoms. The van der Waals surface area contributed by atoms with Gasteiger partial charge in [-0.15, -0.1) is 0 Å². The summed E-state index contributed by atoms with van der Waals surface area (Å²) in [5.41, 5.74) is 0.766. The summed E-state index contributed by atoms with van der Waals surface area (Å²) in [7, 11) is 0. The molecule has 0 radical (unpaired) electrons. The summed E-state index contributed by atoms with van der Waals surface area (Å²) in [5, 5.41) is 6.49. The second-order valence-electron chi connectivity index (χ2n) is 5.78. The van der Waals surface area contributed by atoms with Gasteiger partial charge in [-0.3, -0.25) is 0 Å². The average Bonchev–Trinajstić information content (AvgIpc) is 2.57. The Hall–Kier alpha value is -1.67. The molecule has 1 unspecified atom stereocenters. The molecule has 0 aromatic heterocycles. The molecule has 1 aliphatic rings. The van der Waals surface area contributed by atoms with Crippen LogP contribution in [0.15, 0.2) is 18.2 Å². The maximum atomic E-state index is 12.2. The smallest absolute Gasteiger partial charge is 0.328 e. The monoisotopic (exact) mass is 384 g/mol. The molecular weight excluding hydrogens is 360 g/mol. The van der Waals surface area contributed by atoms with E-state index >= 15 is 0 Å². The van der Waals surface area contributed by atoms with E-state index in [0.29, 0.717) is 36.2 Å². The topological polar surface area (TPSA) is 68.8 Å². The average molecular weight is 385 g/mol. The number of benzene rings is 1. The van der Waals surface area contributed by atoms with Crippen molar-refractivity contribution in [3.8, 4) is 11.5 Å². The van der Waals surface area contributed by atoms with Crippen LogP contribution in [0.1, 0.15) is 20.3 Å². The van der Waals surface area contributed by atoms with Gasteiger partial charge in [0.1, 0.15) is 19.3 Å². The predicted octanol–water partition coefficient (Wildman–Crippen LogP) is 2.82. The molecule has 0 saturated heterocycles. The Morgan fingerprint density at radius 1 is 1.32 bits per heavy atom. The largest absolute Gasteiger partial charge is 0.486 e. The third-order valence-electron chi connectivity index (χ3n) is 3.35. The van der Waals surface area contributed by atoms with Crippen molar-refractivity contribution < 1.29 is 19.0 Å². The van der Waals surface area contributed by atoms with Crippen LogP contribution in [0.5, 0.6) is 11.5 Å². The van der Waals surface area contributed by atoms with Gasteiger partial charge in [-0.1, -0.05) is 0 Å². The van der Waals surface area contributed by atoms with E-state index in [1.807, 2.05) is 38.3 Å². The van der Waals surface area contributed by atoms with Crippen molar-refractivity contribution in [1.29, 1.82) is 0 Å². The van der Waals surface area contributed by atoms with E-state index in [9.17, 15) is 4.79 Å². The lowest BCUT2D eigenvalue weighted by Gasteiger charge is -2.22. The second kappa shape index (κ2) is 9.72. The molecule has 0 fully saturated rings. The number of thioether (sulfide) groups is 1. The highest BCUT2D eigenvalue weighted by atomic mass is 32.2. The fourth-order valence-corrected chi connectivity index (χ4v) is 2.98. The number of carbonyl (C=O) groups excluding carboxylic acids is 1. The molecule has 138 valence electrons. The molecule has 0 amide bonds. The standard InChI is InChI=1S/C17H24N2O4S2/c1-11(2)23-16(20)13(6-9-25-3)19-17(24)18-12-4-5-14-15(10-12)22-8-7-21-14/h4-5,10-11,13H,6-9H2,1-3H3,(H2,18,19,24). The predicted molar refractivity (Wildman–Crippen MR) is 105 cm³/mol. The number of rotatable bonds is 7. The van der Waals surface area contributed by atoms with Crippen molar-refractivity contribution in [2.45, 2.75) is 32.4 Å². The first kappa shape index (κ1) is 19.7. The number of anilines is 1. The minimum Gasteiger partial charge on any atom is -0.486 e. The molecule has 2 N–H and O–H groups in total. The van der Waals surface area contributed by atoms with Gasteiger partial charge in [0, 0.05) is 11.8 Å². The Morgan fingerprint density at radius 2 is 2.04 bits per heavy atom. The van der Waals surface area contributed by atoms with Crippen LogP contribution < -0.4 is 20.1 Å². The van der Waals surface area contributed by atoms with E-state index in [4.69, 9.17) is 26.4 Å². The molecule has 1 aromatic rings. The summed E-state index contributed by atoms with van der Waals surface area (Å²) in [6, 6.07) is 5.03. The van der Waals surface area contributed by atoms with Crippen LogP contribution in [-0.2, 0) is 9.53 Å². The highest BCUT2D eigenvalue weighted by molar-refractivity contribution is 7.98. The quantitative estimate of drug-likeness (QED) is 0.549. The van der Waals surface area contributed by atoms with Crippen LogP contribution in [0.2, 0.25) is 0 Å². The Labute approximate surface area is 158 Å². The first-order valence-corrected chi connectivity index (χ1v) is 9.96. The van der Waals surface area contributed by atoms with E-state index in [2.05, 4.69) is 10.6 Å². The number of esters is 1. The van der Waals surface area contributed by atoms with Gasteiger partial charge in [0.05, 0.1) is 6.10 Å². The summed E-state index contributed by atoms with van der Waals surface area (Å²) in [4.78, 5) is 12.2. The van der Waals surface area contributed by atoms with Crippen LogP contribution in [0.3, 0.4) is 0 Å². The maximum absolute atomic E-state index is 12.2. The van der Waals surface area contributed by atoms with E-state index < -0.39 is 6.04 Å². The SMILES string of the molecule is CSCCC(NC(=S)Nc1ccc2c(c1)OCCO2)C(=O)OC(C)C. The molecule has 6 nitrogen and oxygen atoms in total. The molecule has 1 atom stereocenters. The van der Waals surface area contributed by atoms with Gasteiger partial charge in [0.15, 0.2) is 16.6 Å². The Bertz CT molecular complexity index is 610. The van der Waals surface area contributed by atoms with Crippen molar-refractivity contribution in [2.24, 2.45) is 0 Å². The molecule has 0 spiro atoms. The van der Waals surface area contributed by atoms with Crippen molar-refractivity contribution in [3.63, 3.8) is 0 Å². The number of hydrogen-bond acceptors (Lipinski definition) is 6. The Balaban J connectivity index is 1.96. The van der Waals surface area contributed by atoms with Crippen molar-refractivity contribution in [1.82, 2.24) is 5.32 Å². The number of thiocarbonyl (C=S) groups is 1. The highest BCUT2D eigenvalue weighted by Gasteiger charge is 2.22. The van der Waals surface area contributed by atoms with E-state index in [1.54, 1.807) is 11.8 Å². The minimum absolute atomic E-state index is 0.162. The molecule has 8 heteroatoms. The molecule has 0 saturated carbocycles. The molecule has 0 aliphatic carbocycles. The van der Waals surface area contributed by atoms with Crippen LogP contribution in [-0.4, -0.2) is 48.4 Å². The molecule has 1 heterocycles. The van der Waals surface area contributed by atoms with Crippen molar-refractivity contribution >= 4 is 40.7 Å². The molecule has 25 heavy (non-hydrogen) atoms. The van der Waals surface area contributed by atoms with Crippen LogP contribution in [0.4, 0.5) is 5.69 Å². The molecule has 1 aliphatic heterocycles. The third kappa shape index (κ3) is 6.28. The van der Waals surface area contributed by atoms with E-state index in [1.165, 1.54) is 0 Å². The summed E-state index contributed by atoms with van der Waals surface area (Å²) in [6.07, 6.45) is 2.47. The summed E-state index contributed by atoms with van der Waals surface area (Å²) < 4.78 is 16.4. The fourth-order valence-electron chi connectivity index (χ4n) is 2.25. The van der Waals surface area contributed by atoms with Gasteiger partial charge in [0.25, 0.3) is 0 Å². The van der Waals surface area contributed by atoms with Gasteiger partial charge < -0.3 is 24.8 Å². The lowest BCUT2D eigenvalue weighted by molar-refractivity contribution is -0.149. The first-order chi connectivity index (χ1) is 12.0. The van der Waals surface area contributed by atoms with Crippen molar-refractivity contribution in [3.05, 3.63) is 18.2 Å². The van der Waals surface area contributed by atoms with E-state index in [0.717, 1.165) is 11.4 Å². The van der Waals surface area contributed by atoms with Crippen LogP contribution in [0.25, 0.3) is 0 Å². The number of hydrogen-bond donors (Lipinski definition) is 2. The normalized spacial score (nSPS) is 13.9. The van der Waals surface area contributed by atoms with Crippen molar-refractivity contribution in [2.75, 3.05) is 30.5 Å². The summed E-state index contributed by atoms with van der Waals surface area (Å²) >= 11 is 7.01. The van der Waals surface area contributed by atoms with Crippen LogP contribution >= 0.6 is 24.0 Å². The van der Waals surface area contributed by atoms with E-state index in [-0.39, 0.29) is 12.1 Å². The number of carbonyl (C=O) groups is 1. The lowest BCUT2D eigenvalue weighted by Crippen LogP contribution is -2.44. The Morgan fingerprint density at radius 3 is 2.72 bits per heavy atom. The molecule has 1 aromatic carbocycles.